The Balaban J connectivity index is 2.40. The summed E-state index contributed by atoms with van der Waals surface area (Å²) in [5.41, 5.74) is 0.941. The molecular weight excluding hydrogens is 263 g/mol. The zero-order valence-corrected chi connectivity index (χ0v) is 10.9. The van der Waals surface area contributed by atoms with Crippen LogP contribution in [0.1, 0.15) is 15.8 Å². The average Bonchev–Trinajstić information content (AvgIpc) is 2.81. The van der Waals surface area contributed by atoms with Crippen molar-refractivity contribution in [3.05, 3.63) is 51.2 Å². The van der Waals surface area contributed by atoms with Crippen LogP contribution in [-0.2, 0) is 0 Å². The zero-order valence-electron chi connectivity index (χ0n) is 8.61. The highest BCUT2D eigenvalue weighted by atomic mass is 35.5. The molecule has 1 aromatic carbocycles. The summed E-state index contributed by atoms with van der Waals surface area (Å²) in [5, 5.41) is 2.47. The molecule has 4 heteroatoms. The fourth-order valence-electron chi connectivity index (χ4n) is 1.48. The van der Waals surface area contributed by atoms with Crippen molar-refractivity contribution in [2.45, 2.75) is 5.38 Å². The molecule has 0 bridgehead atoms. The Labute approximate surface area is 109 Å². The third-order valence-corrected chi connectivity index (χ3v) is 4.03. The smallest absolute Gasteiger partial charge is 0.125 e. The molecule has 0 aliphatic rings. The van der Waals surface area contributed by atoms with Crippen molar-refractivity contribution in [1.29, 1.82) is 0 Å². The van der Waals surface area contributed by atoms with E-state index in [0.717, 1.165) is 16.2 Å². The van der Waals surface area contributed by atoms with E-state index in [-0.39, 0.29) is 5.38 Å². The minimum Gasteiger partial charge on any atom is -0.496 e. The zero-order chi connectivity index (χ0) is 11.5. The lowest BCUT2D eigenvalue weighted by Gasteiger charge is -2.12. The van der Waals surface area contributed by atoms with Gasteiger partial charge in [0.25, 0.3) is 0 Å². The first-order valence-corrected chi connectivity index (χ1v) is 6.42. The van der Waals surface area contributed by atoms with Crippen LogP contribution in [0.5, 0.6) is 5.75 Å². The van der Waals surface area contributed by atoms with E-state index in [0.29, 0.717) is 5.02 Å². The van der Waals surface area contributed by atoms with Crippen molar-refractivity contribution in [3.8, 4) is 5.75 Å². The largest absolute Gasteiger partial charge is 0.496 e. The molecule has 0 spiro atoms. The van der Waals surface area contributed by atoms with Gasteiger partial charge in [-0.15, -0.1) is 22.9 Å². The SMILES string of the molecule is COc1cc(Cl)ccc1C(Cl)c1cccs1. The van der Waals surface area contributed by atoms with Gasteiger partial charge in [-0.3, -0.25) is 0 Å². The summed E-state index contributed by atoms with van der Waals surface area (Å²) in [5.74, 6) is 0.723. The Hall–Kier alpha value is -0.700. The van der Waals surface area contributed by atoms with Gasteiger partial charge in [0.05, 0.1) is 12.5 Å². The molecular formula is C12H10Cl2OS. The Kier molecular flexibility index (Phi) is 3.74. The van der Waals surface area contributed by atoms with Gasteiger partial charge in [-0.2, -0.15) is 0 Å². The molecule has 2 rings (SSSR count). The van der Waals surface area contributed by atoms with Crippen LogP contribution in [-0.4, -0.2) is 7.11 Å². The fourth-order valence-corrected chi connectivity index (χ4v) is 2.77. The van der Waals surface area contributed by atoms with Gasteiger partial charge in [0.1, 0.15) is 5.75 Å². The van der Waals surface area contributed by atoms with E-state index in [9.17, 15) is 0 Å². The van der Waals surface area contributed by atoms with Crippen molar-refractivity contribution in [1.82, 2.24) is 0 Å². The Morgan fingerprint density at radius 3 is 2.75 bits per heavy atom. The van der Waals surface area contributed by atoms with Crippen LogP contribution in [0.2, 0.25) is 5.02 Å². The van der Waals surface area contributed by atoms with Gasteiger partial charge in [0.2, 0.25) is 0 Å². The van der Waals surface area contributed by atoms with E-state index in [1.54, 1.807) is 24.5 Å². The molecule has 0 radical (unpaired) electrons. The summed E-state index contributed by atoms with van der Waals surface area (Å²) in [7, 11) is 1.62. The molecule has 0 aliphatic heterocycles. The van der Waals surface area contributed by atoms with Crippen molar-refractivity contribution in [3.63, 3.8) is 0 Å². The molecule has 0 fully saturated rings. The number of thiophene rings is 1. The highest BCUT2D eigenvalue weighted by Gasteiger charge is 2.16. The number of hydrogen-bond donors (Lipinski definition) is 0. The number of alkyl halides is 1. The lowest BCUT2D eigenvalue weighted by molar-refractivity contribution is 0.410. The molecule has 1 heterocycles. The Morgan fingerprint density at radius 2 is 2.12 bits per heavy atom. The van der Waals surface area contributed by atoms with Gasteiger partial charge in [-0.1, -0.05) is 23.7 Å². The number of rotatable bonds is 3. The first kappa shape index (κ1) is 11.8. The molecule has 1 aromatic heterocycles. The normalized spacial score (nSPS) is 12.4. The van der Waals surface area contributed by atoms with E-state index in [1.165, 1.54) is 0 Å². The third-order valence-electron chi connectivity index (χ3n) is 2.26. The van der Waals surface area contributed by atoms with Gasteiger partial charge in [-0.25, -0.2) is 0 Å². The molecule has 16 heavy (non-hydrogen) atoms. The Morgan fingerprint density at radius 1 is 1.31 bits per heavy atom. The van der Waals surface area contributed by atoms with E-state index >= 15 is 0 Å². The van der Waals surface area contributed by atoms with Gasteiger partial charge >= 0.3 is 0 Å². The second kappa shape index (κ2) is 5.09. The predicted molar refractivity (Wildman–Crippen MR) is 70.0 cm³/mol. The number of ether oxygens (including phenoxy) is 1. The highest BCUT2D eigenvalue weighted by Crippen LogP contribution is 2.38. The topological polar surface area (TPSA) is 9.23 Å². The molecule has 1 nitrogen and oxygen atoms in total. The van der Waals surface area contributed by atoms with Gasteiger partial charge in [0.15, 0.2) is 0 Å². The van der Waals surface area contributed by atoms with Crippen molar-refractivity contribution < 1.29 is 4.74 Å². The summed E-state index contributed by atoms with van der Waals surface area (Å²) < 4.78 is 5.28. The number of halogens is 2. The molecule has 0 N–H and O–H groups in total. The number of benzene rings is 1. The monoisotopic (exact) mass is 272 g/mol. The van der Waals surface area contributed by atoms with Gasteiger partial charge in [-0.05, 0) is 23.6 Å². The minimum atomic E-state index is -0.188. The van der Waals surface area contributed by atoms with Crippen LogP contribution in [0.4, 0.5) is 0 Å². The number of hydrogen-bond acceptors (Lipinski definition) is 2. The van der Waals surface area contributed by atoms with Crippen LogP contribution in [0.15, 0.2) is 35.7 Å². The first-order valence-electron chi connectivity index (χ1n) is 4.73. The lowest BCUT2D eigenvalue weighted by Crippen LogP contribution is -1.95. The average molecular weight is 273 g/mol. The lowest BCUT2D eigenvalue weighted by atomic mass is 10.1. The maximum Gasteiger partial charge on any atom is 0.125 e. The fraction of sp³-hybridized carbons (Fsp3) is 0.167. The summed E-state index contributed by atoms with van der Waals surface area (Å²) in [6.07, 6.45) is 0. The molecule has 0 aliphatic carbocycles. The van der Waals surface area contributed by atoms with E-state index in [2.05, 4.69) is 0 Å². The molecule has 84 valence electrons. The third kappa shape index (κ3) is 2.34. The summed E-state index contributed by atoms with van der Waals surface area (Å²) in [6.45, 7) is 0. The van der Waals surface area contributed by atoms with Crippen LogP contribution in [0.25, 0.3) is 0 Å². The quantitative estimate of drug-likeness (QED) is 0.734. The maximum atomic E-state index is 6.40. The van der Waals surface area contributed by atoms with Crippen molar-refractivity contribution in [2.24, 2.45) is 0 Å². The highest BCUT2D eigenvalue weighted by molar-refractivity contribution is 7.10. The second-order valence-electron chi connectivity index (χ2n) is 3.26. The van der Waals surface area contributed by atoms with Crippen LogP contribution < -0.4 is 4.74 Å². The van der Waals surface area contributed by atoms with Crippen LogP contribution in [0, 0.1) is 0 Å². The summed E-state index contributed by atoms with van der Waals surface area (Å²) >= 11 is 13.9. The van der Waals surface area contributed by atoms with Crippen molar-refractivity contribution in [2.75, 3.05) is 7.11 Å². The maximum absolute atomic E-state index is 6.40. The predicted octanol–water partition coefficient (Wildman–Crippen LogP) is 4.74. The molecule has 0 amide bonds. The molecule has 2 aromatic rings. The van der Waals surface area contributed by atoms with E-state index < -0.39 is 0 Å². The van der Waals surface area contributed by atoms with Crippen molar-refractivity contribution >= 4 is 34.5 Å². The number of methoxy groups -OCH3 is 1. The molecule has 1 unspecified atom stereocenters. The summed E-state index contributed by atoms with van der Waals surface area (Å²) in [4.78, 5) is 1.10. The standard InChI is InChI=1S/C12H10Cl2OS/c1-15-10-7-8(13)4-5-9(10)12(14)11-3-2-6-16-11/h2-7,12H,1H3. The van der Waals surface area contributed by atoms with E-state index in [4.69, 9.17) is 27.9 Å². The van der Waals surface area contributed by atoms with Crippen LogP contribution in [0.3, 0.4) is 0 Å². The first-order chi connectivity index (χ1) is 7.72. The minimum absolute atomic E-state index is 0.188. The second-order valence-corrected chi connectivity index (χ2v) is 5.12. The Bertz CT molecular complexity index is 468. The van der Waals surface area contributed by atoms with Crippen LogP contribution >= 0.6 is 34.5 Å². The molecule has 1 atom stereocenters. The molecule has 0 saturated carbocycles. The summed E-state index contributed by atoms with van der Waals surface area (Å²) in [6, 6.07) is 9.50. The van der Waals surface area contributed by atoms with Gasteiger partial charge in [0, 0.05) is 15.5 Å². The van der Waals surface area contributed by atoms with E-state index in [1.807, 2.05) is 29.6 Å². The van der Waals surface area contributed by atoms with Gasteiger partial charge < -0.3 is 4.74 Å². The molecule has 0 saturated heterocycles.